The van der Waals surface area contributed by atoms with Gasteiger partial charge in [-0.15, -0.1) is 0 Å². The molecule has 1 aromatic heterocycles. The van der Waals surface area contributed by atoms with Crippen LogP contribution in [0.4, 0.5) is 19.3 Å². The molecule has 0 spiro atoms. The number of halogens is 2. The minimum atomic E-state index is -0.686. The molecular formula is C16H15F2N3O2. The van der Waals surface area contributed by atoms with Crippen molar-refractivity contribution in [3.8, 4) is 11.1 Å². The third-order valence-electron chi connectivity index (χ3n) is 3.86. The number of fused-ring (bicyclic) bond motifs is 1. The minimum absolute atomic E-state index is 0.363. The Morgan fingerprint density at radius 3 is 2.78 bits per heavy atom. The fourth-order valence-electron chi connectivity index (χ4n) is 2.90. The lowest BCUT2D eigenvalue weighted by molar-refractivity contribution is 0.228. The van der Waals surface area contributed by atoms with Crippen molar-refractivity contribution in [3.63, 3.8) is 0 Å². The Morgan fingerprint density at radius 2 is 2.04 bits per heavy atom. The van der Waals surface area contributed by atoms with Gasteiger partial charge in [-0.1, -0.05) is 0 Å². The van der Waals surface area contributed by atoms with Crippen molar-refractivity contribution < 1.29 is 18.7 Å². The average Bonchev–Trinajstić information content (AvgIpc) is 3.00. The molecule has 1 aliphatic rings. The highest BCUT2D eigenvalue weighted by Gasteiger charge is 2.24. The molecule has 0 fully saturated rings. The summed E-state index contributed by atoms with van der Waals surface area (Å²) in [6.45, 7) is -0.519. The van der Waals surface area contributed by atoms with Crippen LogP contribution < -0.4 is 10.6 Å². The van der Waals surface area contributed by atoms with Gasteiger partial charge in [0.25, 0.3) is 0 Å². The average molecular weight is 319 g/mol. The first-order valence-corrected chi connectivity index (χ1v) is 7.22. The van der Waals surface area contributed by atoms with Gasteiger partial charge >= 0.3 is 6.03 Å². The fraction of sp³-hybridized carbons (Fsp3) is 0.250. The summed E-state index contributed by atoms with van der Waals surface area (Å²) in [5.41, 5.74) is 2.53. The molecule has 0 aliphatic heterocycles. The van der Waals surface area contributed by atoms with E-state index < -0.39 is 18.7 Å². The van der Waals surface area contributed by atoms with Crippen LogP contribution in [0.15, 0.2) is 24.4 Å². The predicted octanol–water partition coefficient (Wildman–Crippen LogP) is 2.59. The maximum absolute atomic E-state index is 14.3. The van der Waals surface area contributed by atoms with Gasteiger partial charge in [-0.05, 0) is 48.1 Å². The quantitative estimate of drug-likeness (QED) is 0.601. The predicted molar refractivity (Wildman–Crippen MR) is 80.9 cm³/mol. The number of hydrogen-bond acceptors (Lipinski definition) is 3. The van der Waals surface area contributed by atoms with Crippen LogP contribution in [0.3, 0.4) is 0 Å². The van der Waals surface area contributed by atoms with Crippen LogP contribution in [0.5, 0.6) is 0 Å². The smallest absolute Gasteiger partial charge is 0.321 e. The van der Waals surface area contributed by atoms with E-state index in [1.54, 1.807) is 6.07 Å². The van der Waals surface area contributed by atoms with Gasteiger partial charge in [0, 0.05) is 17.8 Å². The number of benzene rings is 1. The van der Waals surface area contributed by atoms with Gasteiger partial charge in [-0.25, -0.2) is 14.2 Å². The number of amides is 2. The summed E-state index contributed by atoms with van der Waals surface area (Å²) in [5, 5.41) is 13.6. The van der Waals surface area contributed by atoms with Gasteiger partial charge in [0.1, 0.15) is 12.5 Å². The first-order chi connectivity index (χ1) is 11.1. The molecule has 5 nitrogen and oxygen atoms in total. The summed E-state index contributed by atoms with van der Waals surface area (Å²) in [6.07, 6.45) is 3.30. The van der Waals surface area contributed by atoms with E-state index in [0.717, 1.165) is 6.42 Å². The summed E-state index contributed by atoms with van der Waals surface area (Å²) in [7, 11) is 0. The maximum Gasteiger partial charge on any atom is 0.321 e. The zero-order valence-corrected chi connectivity index (χ0v) is 12.2. The maximum atomic E-state index is 14.3. The lowest BCUT2D eigenvalue weighted by atomic mass is 9.97. The van der Waals surface area contributed by atoms with Gasteiger partial charge in [-0.2, -0.15) is 4.39 Å². The van der Waals surface area contributed by atoms with E-state index in [0.29, 0.717) is 40.8 Å². The normalized spacial score (nSPS) is 12.8. The molecule has 1 aliphatic carbocycles. The van der Waals surface area contributed by atoms with Gasteiger partial charge < -0.3 is 15.7 Å². The lowest BCUT2D eigenvalue weighted by Gasteiger charge is -2.17. The standard InChI is InChI=1S/C16H15F2N3O2/c17-13-7-12(9-4-5-19-14(18)6-9)15(21-16(23)20-8-22)11-3-1-2-10(11)13/h4-7,22H,1-3,8H2,(H2,20,21,23). The van der Waals surface area contributed by atoms with E-state index in [4.69, 9.17) is 5.11 Å². The summed E-state index contributed by atoms with van der Waals surface area (Å²) in [6, 6.07) is 3.43. The van der Waals surface area contributed by atoms with Crippen molar-refractivity contribution in [2.75, 3.05) is 12.0 Å². The second kappa shape index (κ2) is 6.29. The number of aliphatic hydroxyl groups is 1. The van der Waals surface area contributed by atoms with Crippen LogP contribution in [-0.4, -0.2) is 22.9 Å². The Balaban J connectivity index is 2.14. The Bertz CT molecular complexity index is 765. The molecule has 0 unspecified atom stereocenters. The number of aliphatic hydroxyl groups excluding tert-OH is 1. The number of carbonyl (C=O) groups excluding carboxylic acids is 1. The molecule has 3 N–H and O–H groups in total. The molecule has 2 aromatic rings. The highest BCUT2D eigenvalue weighted by Crippen LogP contribution is 2.39. The van der Waals surface area contributed by atoms with Crippen molar-refractivity contribution in [3.05, 3.63) is 47.3 Å². The number of aromatic nitrogens is 1. The van der Waals surface area contributed by atoms with Crippen molar-refractivity contribution in [1.29, 1.82) is 0 Å². The monoisotopic (exact) mass is 319 g/mol. The van der Waals surface area contributed by atoms with Crippen molar-refractivity contribution in [2.24, 2.45) is 0 Å². The molecule has 0 atom stereocenters. The zero-order chi connectivity index (χ0) is 16.4. The number of pyridine rings is 1. The summed E-state index contributed by atoms with van der Waals surface area (Å²) in [4.78, 5) is 15.3. The van der Waals surface area contributed by atoms with E-state index in [1.165, 1.54) is 18.3 Å². The van der Waals surface area contributed by atoms with Crippen molar-refractivity contribution in [2.45, 2.75) is 19.3 Å². The summed E-state index contributed by atoms with van der Waals surface area (Å²) >= 11 is 0. The SMILES string of the molecule is O=C(NCO)Nc1c(-c2ccnc(F)c2)cc(F)c2c1CCC2. The molecule has 7 heteroatoms. The molecular weight excluding hydrogens is 304 g/mol. The summed E-state index contributed by atoms with van der Waals surface area (Å²) in [5.74, 6) is -1.05. The molecule has 1 heterocycles. The lowest BCUT2D eigenvalue weighted by Crippen LogP contribution is -2.30. The van der Waals surface area contributed by atoms with Crippen LogP contribution in [-0.2, 0) is 12.8 Å². The molecule has 3 rings (SSSR count). The molecule has 23 heavy (non-hydrogen) atoms. The van der Waals surface area contributed by atoms with E-state index >= 15 is 0 Å². The number of rotatable bonds is 3. The van der Waals surface area contributed by atoms with Crippen LogP contribution in [0, 0.1) is 11.8 Å². The van der Waals surface area contributed by atoms with Crippen molar-refractivity contribution >= 4 is 11.7 Å². The van der Waals surface area contributed by atoms with Crippen LogP contribution in [0.1, 0.15) is 17.5 Å². The van der Waals surface area contributed by atoms with Gasteiger partial charge in [0.2, 0.25) is 5.95 Å². The van der Waals surface area contributed by atoms with Crippen LogP contribution >= 0.6 is 0 Å². The van der Waals surface area contributed by atoms with Crippen LogP contribution in [0.25, 0.3) is 11.1 Å². The molecule has 0 saturated carbocycles. The topological polar surface area (TPSA) is 74.2 Å². The molecule has 0 saturated heterocycles. The van der Waals surface area contributed by atoms with Crippen LogP contribution in [0.2, 0.25) is 0 Å². The second-order valence-electron chi connectivity index (χ2n) is 5.25. The third kappa shape index (κ3) is 3.00. The number of nitrogens with zero attached hydrogens (tertiary/aromatic N) is 1. The first kappa shape index (κ1) is 15.4. The van der Waals surface area contributed by atoms with E-state index in [2.05, 4.69) is 15.6 Å². The fourth-order valence-corrected chi connectivity index (χ4v) is 2.90. The number of carbonyl (C=O) groups is 1. The van der Waals surface area contributed by atoms with Gasteiger partial charge in [-0.3, -0.25) is 0 Å². The Kier molecular flexibility index (Phi) is 4.20. The Morgan fingerprint density at radius 1 is 1.26 bits per heavy atom. The third-order valence-corrected chi connectivity index (χ3v) is 3.86. The van der Waals surface area contributed by atoms with E-state index in [1.807, 2.05) is 0 Å². The number of nitrogens with one attached hydrogen (secondary N) is 2. The second-order valence-corrected chi connectivity index (χ2v) is 5.25. The summed E-state index contributed by atoms with van der Waals surface area (Å²) < 4.78 is 27.7. The van der Waals surface area contributed by atoms with Gasteiger partial charge in [0.05, 0.1) is 5.69 Å². The van der Waals surface area contributed by atoms with E-state index in [9.17, 15) is 13.6 Å². The number of hydrogen-bond donors (Lipinski definition) is 3. The molecule has 2 amide bonds. The molecule has 0 bridgehead atoms. The highest BCUT2D eigenvalue weighted by molar-refractivity contribution is 5.96. The number of urea groups is 1. The molecule has 0 radical (unpaired) electrons. The first-order valence-electron chi connectivity index (χ1n) is 7.22. The van der Waals surface area contributed by atoms with Crippen molar-refractivity contribution in [1.82, 2.24) is 10.3 Å². The largest absolute Gasteiger partial charge is 0.376 e. The molecule has 120 valence electrons. The van der Waals surface area contributed by atoms with Gasteiger partial charge in [0.15, 0.2) is 0 Å². The minimum Gasteiger partial charge on any atom is -0.376 e. The number of anilines is 1. The Labute approximate surface area is 131 Å². The highest BCUT2D eigenvalue weighted by atomic mass is 19.1. The Hall–Kier alpha value is -2.54. The zero-order valence-electron chi connectivity index (χ0n) is 12.2. The van der Waals surface area contributed by atoms with E-state index in [-0.39, 0.29) is 5.82 Å². The molecule has 1 aromatic carbocycles.